The Morgan fingerprint density at radius 2 is 2.05 bits per heavy atom. The van der Waals surface area contributed by atoms with Gasteiger partial charge in [0.05, 0.1) is 6.10 Å². The van der Waals surface area contributed by atoms with Crippen LogP contribution in [0.5, 0.6) is 0 Å². The lowest BCUT2D eigenvalue weighted by Gasteiger charge is -2.28. The third-order valence-corrected chi connectivity index (χ3v) is 4.82. The van der Waals surface area contributed by atoms with Crippen LogP contribution in [0.3, 0.4) is 0 Å². The second kappa shape index (κ2) is 5.98. The molecule has 1 aromatic carbocycles. The van der Waals surface area contributed by atoms with Gasteiger partial charge in [-0.25, -0.2) is 0 Å². The Morgan fingerprint density at radius 1 is 1.25 bits per heavy atom. The molecule has 3 rings (SSSR count). The van der Waals surface area contributed by atoms with Crippen molar-refractivity contribution in [2.24, 2.45) is 0 Å². The lowest BCUT2D eigenvalue weighted by atomic mass is 9.81. The molecule has 0 bridgehead atoms. The standard InChI is InChI=1S/C17H19NOS/c1-20-14-9-7-13(8-10-14)17(19)15-6-2-4-12-5-3-11-18-16(12)15/h3,5,7-11,15,17,19H,2,4,6H2,1H3. The van der Waals surface area contributed by atoms with Crippen LogP contribution in [0.15, 0.2) is 47.5 Å². The number of hydrogen-bond acceptors (Lipinski definition) is 3. The zero-order chi connectivity index (χ0) is 13.9. The van der Waals surface area contributed by atoms with Crippen LogP contribution in [0, 0.1) is 0 Å². The van der Waals surface area contributed by atoms with Gasteiger partial charge in [0.15, 0.2) is 0 Å². The van der Waals surface area contributed by atoms with Crippen LogP contribution in [0.25, 0.3) is 0 Å². The molecule has 1 heterocycles. The molecule has 0 fully saturated rings. The Balaban J connectivity index is 1.89. The van der Waals surface area contributed by atoms with Gasteiger partial charge in [-0.3, -0.25) is 4.98 Å². The van der Waals surface area contributed by atoms with Gasteiger partial charge in [-0.05, 0) is 54.8 Å². The Morgan fingerprint density at radius 3 is 2.80 bits per heavy atom. The first-order valence-corrected chi connectivity index (χ1v) is 8.28. The molecule has 104 valence electrons. The maximum Gasteiger partial charge on any atom is 0.0873 e. The summed E-state index contributed by atoms with van der Waals surface area (Å²) in [5, 5.41) is 10.7. The zero-order valence-corrected chi connectivity index (χ0v) is 12.4. The van der Waals surface area contributed by atoms with E-state index in [1.54, 1.807) is 11.8 Å². The number of nitrogens with zero attached hydrogens (tertiary/aromatic N) is 1. The van der Waals surface area contributed by atoms with Crippen LogP contribution in [0.4, 0.5) is 0 Å². The fourth-order valence-electron chi connectivity index (χ4n) is 2.99. The second-order valence-electron chi connectivity index (χ2n) is 5.26. The number of rotatable bonds is 3. The topological polar surface area (TPSA) is 33.1 Å². The Labute approximate surface area is 124 Å². The number of aromatic nitrogens is 1. The fraction of sp³-hybridized carbons (Fsp3) is 0.353. The maximum atomic E-state index is 10.7. The summed E-state index contributed by atoms with van der Waals surface area (Å²) >= 11 is 1.72. The van der Waals surface area contributed by atoms with Crippen LogP contribution in [0.2, 0.25) is 0 Å². The molecule has 0 spiro atoms. The van der Waals surface area contributed by atoms with Gasteiger partial charge >= 0.3 is 0 Å². The van der Waals surface area contributed by atoms with Crippen molar-refractivity contribution in [3.05, 3.63) is 59.4 Å². The van der Waals surface area contributed by atoms with E-state index >= 15 is 0 Å². The van der Waals surface area contributed by atoms with Gasteiger partial charge in [-0.2, -0.15) is 0 Å². The molecule has 2 nitrogen and oxygen atoms in total. The fourth-order valence-corrected chi connectivity index (χ4v) is 3.39. The van der Waals surface area contributed by atoms with Gasteiger partial charge in [0, 0.05) is 22.7 Å². The van der Waals surface area contributed by atoms with Crippen molar-refractivity contribution in [1.82, 2.24) is 4.98 Å². The van der Waals surface area contributed by atoms with Crippen LogP contribution in [-0.4, -0.2) is 16.3 Å². The van der Waals surface area contributed by atoms with Crippen molar-refractivity contribution < 1.29 is 5.11 Å². The monoisotopic (exact) mass is 285 g/mol. The van der Waals surface area contributed by atoms with E-state index in [9.17, 15) is 5.11 Å². The number of benzene rings is 1. The Bertz CT molecular complexity index is 582. The minimum atomic E-state index is -0.458. The van der Waals surface area contributed by atoms with Crippen molar-refractivity contribution in [2.75, 3.05) is 6.26 Å². The van der Waals surface area contributed by atoms with Crippen LogP contribution < -0.4 is 0 Å². The van der Waals surface area contributed by atoms with Crippen molar-refractivity contribution in [2.45, 2.75) is 36.2 Å². The van der Waals surface area contributed by atoms with E-state index in [-0.39, 0.29) is 5.92 Å². The van der Waals surface area contributed by atoms with Crippen LogP contribution >= 0.6 is 11.8 Å². The molecule has 20 heavy (non-hydrogen) atoms. The highest BCUT2D eigenvalue weighted by Crippen LogP contribution is 2.39. The molecule has 2 aromatic rings. The number of aliphatic hydroxyl groups is 1. The van der Waals surface area contributed by atoms with E-state index in [0.29, 0.717) is 0 Å². The highest BCUT2D eigenvalue weighted by molar-refractivity contribution is 7.98. The van der Waals surface area contributed by atoms with Gasteiger partial charge in [0.25, 0.3) is 0 Å². The van der Waals surface area contributed by atoms with Crippen molar-refractivity contribution in [1.29, 1.82) is 0 Å². The Kier molecular flexibility index (Phi) is 4.08. The zero-order valence-electron chi connectivity index (χ0n) is 11.6. The molecule has 1 N–H and O–H groups in total. The van der Waals surface area contributed by atoms with E-state index < -0.39 is 6.10 Å². The lowest BCUT2D eigenvalue weighted by Crippen LogP contribution is -2.18. The molecular weight excluding hydrogens is 266 g/mol. The van der Waals surface area contributed by atoms with E-state index in [1.165, 1.54) is 10.5 Å². The first-order valence-electron chi connectivity index (χ1n) is 7.05. The minimum absolute atomic E-state index is 0.125. The first-order chi connectivity index (χ1) is 9.79. The molecule has 0 radical (unpaired) electrons. The van der Waals surface area contributed by atoms with E-state index in [1.807, 2.05) is 24.4 Å². The summed E-state index contributed by atoms with van der Waals surface area (Å²) in [5.41, 5.74) is 3.37. The van der Waals surface area contributed by atoms with Gasteiger partial charge in [0.2, 0.25) is 0 Å². The largest absolute Gasteiger partial charge is 0.388 e. The lowest BCUT2D eigenvalue weighted by molar-refractivity contribution is 0.134. The molecule has 1 aromatic heterocycles. The van der Waals surface area contributed by atoms with Crippen molar-refractivity contribution in [3.63, 3.8) is 0 Å². The van der Waals surface area contributed by atoms with E-state index in [0.717, 1.165) is 30.5 Å². The number of aryl methyl sites for hydroxylation is 1. The number of hydrogen-bond donors (Lipinski definition) is 1. The highest BCUT2D eigenvalue weighted by Gasteiger charge is 2.28. The highest BCUT2D eigenvalue weighted by atomic mass is 32.2. The summed E-state index contributed by atoms with van der Waals surface area (Å²) in [6.45, 7) is 0. The molecule has 0 amide bonds. The maximum absolute atomic E-state index is 10.7. The second-order valence-corrected chi connectivity index (χ2v) is 6.14. The van der Waals surface area contributed by atoms with Gasteiger partial charge in [-0.1, -0.05) is 18.2 Å². The van der Waals surface area contributed by atoms with E-state index in [4.69, 9.17) is 0 Å². The number of aliphatic hydroxyl groups excluding tert-OH is 1. The molecular formula is C17H19NOS. The summed E-state index contributed by atoms with van der Waals surface area (Å²) in [5.74, 6) is 0.125. The summed E-state index contributed by atoms with van der Waals surface area (Å²) in [4.78, 5) is 5.74. The summed E-state index contributed by atoms with van der Waals surface area (Å²) in [7, 11) is 0. The molecule has 2 atom stereocenters. The minimum Gasteiger partial charge on any atom is -0.388 e. The predicted molar refractivity (Wildman–Crippen MR) is 83.1 cm³/mol. The molecule has 0 saturated heterocycles. The number of fused-ring (bicyclic) bond motifs is 1. The van der Waals surface area contributed by atoms with E-state index in [2.05, 4.69) is 29.4 Å². The molecule has 0 aliphatic heterocycles. The van der Waals surface area contributed by atoms with Gasteiger partial charge < -0.3 is 5.11 Å². The smallest absolute Gasteiger partial charge is 0.0873 e. The molecule has 0 saturated carbocycles. The first kappa shape index (κ1) is 13.7. The van der Waals surface area contributed by atoms with Gasteiger partial charge in [-0.15, -0.1) is 11.8 Å². The molecule has 1 aliphatic carbocycles. The Hall–Kier alpha value is -1.32. The normalized spacial score (nSPS) is 19.4. The van der Waals surface area contributed by atoms with Crippen molar-refractivity contribution in [3.8, 4) is 0 Å². The average Bonchev–Trinajstić information content (AvgIpc) is 2.54. The third-order valence-electron chi connectivity index (χ3n) is 4.08. The number of pyridine rings is 1. The van der Waals surface area contributed by atoms with Crippen LogP contribution in [-0.2, 0) is 6.42 Å². The average molecular weight is 285 g/mol. The molecule has 3 heteroatoms. The SMILES string of the molecule is CSc1ccc(C(O)C2CCCc3cccnc32)cc1. The van der Waals surface area contributed by atoms with Crippen LogP contribution in [0.1, 0.15) is 41.7 Å². The van der Waals surface area contributed by atoms with Crippen molar-refractivity contribution >= 4 is 11.8 Å². The quantitative estimate of drug-likeness (QED) is 0.867. The van der Waals surface area contributed by atoms with Gasteiger partial charge in [0.1, 0.15) is 0 Å². The number of thioether (sulfide) groups is 1. The predicted octanol–water partition coefficient (Wildman–Crippen LogP) is 3.96. The third kappa shape index (κ3) is 2.60. The molecule has 1 aliphatic rings. The summed E-state index contributed by atoms with van der Waals surface area (Å²) in [6.07, 6.45) is 6.66. The summed E-state index contributed by atoms with van der Waals surface area (Å²) < 4.78 is 0. The molecule has 2 unspecified atom stereocenters. The summed E-state index contributed by atoms with van der Waals surface area (Å²) in [6, 6.07) is 12.3.